The van der Waals surface area contributed by atoms with Crippen molar-refractivity contribution in [1.29, 1.82) is 0 Å². The second-order valence-electron chi connectivity index (χ2n) is 8.61. The molecule has 0 bridgehead atoms. The van der Waals surface area contributed by atoms with E-state index in [1.54, 1.807) is 11.0 Å². The first-order valence-corrected chi connectivity index (χ1v) is 10.7. The quantitative estimate of drug-likeness (QED) is 0.778. The lowest BCUT2D eigenvalue weighted by Crippen LogP contribution is -2.58. The number of likely N-dealkylation sites (tertiary alicyclic amines) is 2. The van der Waals surface area contributed by atoms with Gasteiger partial charge in [-0.15, -0.1) is 0 Å². The number of nitrogens with zero attached hydrogens (tertiary/aromatic N) is 3. The minimum absolute atomic E-state index is 0.0625. The number of hydrogen-bond acceptors (Lipinski definition) is 4. The summed E-state index contributed by atoms with van der Waals surface area (Å²) in [5, 5.41) is 0. The Hall–Kier alpha value is -2.15. The minimum Gasteiger partial charge on any atom is -0.450 e. The van der Waals surface area contributed by atoms with Gasteiger partial charge in [-0.3, -0.25) is 9.69 Å². The monoisotopic (exact) mass is 403 g/mol. The van der Waals surface area contributed by atoms with Crippen LogP contribution in [0.4, 0.5) is 14.9 Å². The van der Waals surface area contributed by atoms with Crippen molar-refractivity contribution in [3.8, 4) is 0 Å². The molecule has 158 valence electrons. The van der Waals surface area contributed by atoms with Crippen molar-refractivity contribution < 1.29 is 18.7 Å². The Labute approximate surface area is 171 Å². The van der Waals surface area contributed by atoms with Gasteiger partial charge in [0.1, 0.15) is 5.82 Å². The fourth-order valence-corrected chi connectivity index (χ4v) is 5.06. The topological polar surface area (TPSA) is 53.1 Å². The first kappa shape index (κ1) is 20.1. The molecular formula is C22H30FN3O3. The van der Waals surface area contributed by atoms with E-state index in [1.165, 1.54) is 12.1 Å². The first-order chi connectivity index (χ1) is 13.9. The van der Waals surface area contributed by atoms with Gasteiger partial charge in [0.15, 0.2) is 0 Å². The Morgan fingerprint density at radius 3 is 2.55 bits per heavy atom. The van der Waals surface area contributed by atoms with Crippen LogP contribution in [0.1, 0.15) is 45.1 Å². The van der Waals surface area contributed by atoms with Gasteiger partial charge in [0, 0.05) is 37.8 Å². The largest absolute Gasteiger partial charge is 0.450 e. The number of carbonyl (C=O) groups is 2. The molecule has 29 heavy (non-hydrogen) atoms. The number of hydrogen-bond donors (Lipinski definition) is 0. The Morgan fingerprint density at radius 1 is 1.21 bits per heavy atom. The van der Waals surface area contributed by atoms with Crippen LogP contribution in [-0.4, -0.2) is 66.2 Å². The summed E-state index contributed by atoms with van der Waals surface area (Å²) >= 11 is 0. The van der Waals surface area contributed by atoms with E-state index < -0.39 is 0 Å². The first-order valence-electron chi connectivity index (χ1n) is 10.7. The summed E-state index contributed by atoms with van der Waals surface area (Å²) in [6.45, 7) is 7.76. The van der Waals surface area contributed by atoms with Crippen molar-refractivity contribution in [2.45, 2.75) is 57.5 Å². The molecule has 0 saturated carbocycles. The molecular weight excluding hydrogens is 373 g/mol. The maximum absolute atomic E-state index is 13.7. The minimum atomic E-state index is -0.290. The predicted octanol–water partition coefficient (Wildman–Crippen LogP) is 3.19. The number of fused-ring (bicyclic) bond motifs is 1. The lowest BCUT2D eigenvalue weighted by molar-refractivity contribution is -0.118. The van der Waals surface area contributed by atoms with E-state index in [-0.39, 0.29) is 29.4 Å². The second kappa shape index (κ2) is 7.94. The van der Waals surface area contributed by atoms with Crippen LogP contribution in [0, 0.1) is 5.82 Å². The molecule has 3 aliphatic rings. The van der Waals surface area contributed by atoms with E-state index in [4.69, 9.17) is 4.74 Å². The maximum Gasteiger partial charge on any atom is 0.409 e. The second-order valence-corrected chi connectivity index (χ2v) is 8.61. The highest BCUT2D eigenvalue weighted by molar-refractivity contribution is 6.01. The van der Waals surface area contributed by atoms with Crippen LogP contribution in [-0.2, 0) is 16.0 Å². The summed E-state index contributed by atoms with van der Waals surface area (Å²) in [6, 6.07) is 4.79. The van der Waals surface area contributed by atoms with Gasteiger partial charge >= 0.3 is 6.09 Å². The summed E-state index contributed by atoms with van der Waals surface area (Å²) < 4.78 is 18.9. The summed E-state index contributed by atoms with van der Waals surface area (Å²) in [5.41, 5.74) is 1.74. The average Bonchev–Trinajstić information content (AvgIpc) is 3.03. The summed E-state index contributed by atoms with van der Waals surface area (Å²) in [6.07, 6.45) is 3.78. The number of ether oxygens (including phenoxy) is 1. The van der Waals surface area contributed by atoms with Crippen LogP contribution >= 0.6 is 0 Å². The Morgan fingerprint density at radius 2 is 1.90 bits per heavy atom. The van der Waals surface area contributed by atoms with E-state index in [2.05, 4.69) is 11.8 Å². The van der Waals surface area contributed by atoms with Gasteiger partial charge in [-0.05, 0) is 57.2 Å². The number of anilines is 1. The number of halogens is 1. The number of benzene rings is 1. The molecule has 3 aliphatic heterocycles. The Balaban J connectivity index is 1.36. The molecule has 6 nitrogen and oxygen atoms in total. The van der Waals surface area contributed by atoms with Gasteiger partial charge in [-0.2, -0.15) is 0 Å². The SMILES string of the molecule is CCOC(=O)N1CCC(C)(N2CCC(N3C(=O)Cc4ccc(F)cc43)CC2)CC1. The molecule has 0 N–H and O–H groups in total. The number of carbonyl (C=O) groups excluding carboxylic acids is 2. The van der Waals surface area contributed by atoms with Crippen molar-refractivity contribution in [1.82, 2.24) is 9.80 Å². The van der Waals surface area contributed by atoms with Gasteiger partial charge in [-0.25, -0.2) is 9.18 Å². The highest BCUT2D eigenvalue weighted by Crippen LogP contribution is 2.37. The van der Waals surface area contributed by atoms with Crippen LogP contribution < -0.4 is 4.90 Å². The average molecular weight is 403 g/mol. The predicted molar refractivity (Wildman–Crippen MR) is 108 cm³/mol. The van der Waals surface area contributed by atoms with Crippen molar-refractivity contribution in [2.75, 3.05) is 37.7 Å². The lowest BCUT2D eigenvalue weighted by Gasteiger charge is -2.49. The van der Waals surface area contributed by atoms with Crippen LogP contribution in [0.2, 0.25) is 0 Å². The lowest BCUT2D eigenvalue weighted by atomic mass is 9.85. The van der Waals surface area contributed by atoms with E-state index in [0.717, 1.165) is 50.0 Å². The number of rotatable bonds is 3. The Bertz CT molecular complexity index is 784. The molecule has 0 unspecified atom stereocenters. The molecule has 3 heterocycles. The van der Waals surface area contributed by atoms with Crippen molar-refractivity contribution in [3.63, 3.8) is 0 Å². The zero-order chi connectivity index (χ0) is 20.6. The normalized spacial score (nSPS) is 22.7. The molecule has 2 saturated heterocycles. The van der Waals surface area contributed by atoms with E-state index >= 15 is 0 Å². The van der Waals surface area contributed by atoms with Crippen LogP contribution in [0.25, 0.3) is 0 Å². The fraction of sp³-hybridized carbons (Fsp3) is 0.636. The third-order valence-corrected chi connectivity index (χ3v) is 6.88. The van der Waals surface area contributed by atoms with Gasteiger partial charge < -0.3 is 14.5 Å². The molecule has 0 radical (unpaired) electrons. The van der Waals surface area contributed by atoms with Crippen molar-refractivity contribution in [2.24, 2.45) is 0 Å². The molecule has 0 aromatic heterocycles. The summed E-state index contributed by atoms with van der Waals surface area (Å²) in [5.74, 6) is -0.209. The standard InChI is InChI=1S/C22H30FN3O3/c1-3-29-21(28)24-12-8-22(2,9-13-24)25-10-6-18(7-11-25)26-19-15-17(23)5-4-16(19)14-20(26)27/h4-5,15,18H,3,6-14H2,1-2H3. The van der Waals surface area contributed by atoms with Gasteiger partial charge in [0.05, 0.1) is 18.7 Å². The smallest absolute Gasteiger partial charge is 0.409 e. The zero-order valence-electron chi connectivity index (χ0n) is 17.3. The molecule has 0 atom stereocenters. The Kier molecular flexibility index (Phi) is 5.51. The fourth-order valence-electron chi connectivity index (χ4n) is 5.06. The highest BCUT2D eigenvalue weighted by Gasteiger charge is 2.41. The van der Waals surface area contributed by atoms with Gasteiger partial charge in [-0.1, -0.05) is 6.07 Å². The molecule has 0 aliphatic carbocycles. The third-order valence-electron chi connectivity index (χ3n) is 6.88. The van der Waals surface area contributed by atoms with Gasteiger partial charge in [0.25, 0.3) is 0 Å². The molecule has 1 aromatic rings. The van der Waals surface area contributed by atoms with Crippen molar-refractivity contribution in [3.05, 3.63) is 29.6 Å². The zero-order valence-corrected chi connectivity index (χ0v) is 17.3. The molecule has 0 spiro atoms. The van der Waals surface area contributed by atoms with Crippen LogP contribution in [0.3, 0.4) is 0 Å². The van der Waals surface area contributed by atoms with Crippen molar-refractivity contribution >= 4 is 17.7 Å². The molecule has 2 fully saturated rings. The highest BCUT2D eigenvalue weighted by atomic mass is 19.1. The molecule has 1 aromatic carbocycles. The maximum atomic E-state index is 13.7. The van der Waals surface area contributed by atoms with Gasteiger partial charge in [0.2, 0.25) is 5.91 Å². The van der Waals surface area contributed by atoms with E-state index in [1.807, 2.05) is 11.8 Å². The number of amides is 2. The third kappa shape index (κ3) is 3.84. The van der Waals surface area contributed by atoms with Crippen LogP contribution in [0.5, 0.6) is 0 Å². The van der Waals surface area contributed by atoms with E-state index in [9.17, 15) is 14.0 Å². The number of piperidine rings is 2. The summed E-state index contributed by atoms with van der Waals surface area (Å²) in [7, 11) is 0. The summed E-state index contributed by atoms with van der Waals surface area (Å²) in [4.78, 5) is 30.7. The molecule has 2 amide bonds. The molecule has 7 heteroatoms. The van der Waals surface area contributed by atoms with Crippen LogP contribution in [0.15, 0.2) is 18.2 Å². The molecule has 4 rings (SSSR count). The van der Waals surface area contributed by atoms with E-state index in [0.29, 0.717) is 26.1 Å².